The van der Waals surface area contributed by atoms with E-state index in [-0.39, 0.29) is 63.4 Å². The van der Waals surface area contributed by atoms with Crippen molar-refractivity contribution in [2.45, 2.75) is 27.2 Å². The predicted octanol–water partition coefficient (Wildman–Crippen LogP) is 0.451. The van der Waals surface area contributed by atoms with Crippen LogP contribution in [0.15, 0.2) is 0 Å². The van der Waals surface area contributed by atoms with E-state index in [9.17, 15) is 12.9 Å². The number of hydrogen-bond acceptors (Lipinski definition) is 0. The van der Waals surface area contributed by atoms with Crippen LogP contribution in [0.4, 0.5) is 12.9 Å². The van der Waals surface area contributed by atoms with Gasteiger partial charge in [-0.15, -0.1) is 17.8 Å². The zero-order valence-corrected chi connectivity index (χ0v) is 16.2. The van der Waals surface area contributed by atoms with Gasteiger partial charge in [0.2, 0.25) is 0 Å². The molecule has 0 amide bonds. The average molecular weight is 390 g/mol. The number of halogens is 4. The Morgan fingerprint density at radius 1 is 1.11 bits per heavy atom. The van der Waals surface area contributed by atoms with Gasteiger partial charge in [-0.2, -0.15) is 0 Å². The maximum Gasteiger partial charge on any atom is 1.00 e. The molecular weight excluding hydrogens is 378 g/mol. The Bertz CT molecular complexity index is 504. The van der Waals surface area contributed by atoms with E-state index in [0.29, 0.717) is 14.7 Å². The molecular formula is C12H12BF3IK. The van der Waals surface area contributed by atoms with Crippen molar-refractivity contribution in [3.8, 4) is 12.3 Å². The van der Waals surface area contributed by atoms with Crippen molar-refractivity contribution < 1.29 is 64.3 Å². The van der Waals surface area contributed by atoms with Gasteiger partial charge in [0.25, 0.3) is 0 Å². The van der Waals surface area contributed by atoms with Crippen molar-refractivity contribution in [2.24, 2.45) is 0 Å². The van der Waals surface area contributed by atoms with Crippen molar-refractivity contribution >= 4 is 35.0 Å². The Hall–Kier alpha value is 1.00. The summed E-state index contributed by atoms with van der Waals surface area (Å²) in [4.78, 5) is 0. The van der Waals surface area contributed by atoms with Gasteiger partial charge >= 0.3 is 58.4 Å². The van der Waals surface area contributed by atoms with Crippen LogP contribution in [0, 0.1) is 36.7 Å². The smallest absolute Gasteiger partial charge is 0.445 e. The molecule has 0 fully saturated rings. The third-order valence-corrected chi connectivity index (χ3v) is 4.60. The molecule has 0 spiro atoms. The monoisotopic (exact) mass is 390 g/mol. The molecule has 0 bridgehead atoms. The first kappa shape index (κ1) is 19.0. The van der Waals surface area contributed by atoms with E-state index in [1.807, 2.05) is 29.5 Å². The molecule has 1 aromatic carbocycles. The molecule has 0 atom stereocenters. The van der Waals surface area contributed by atoms with Crippen molar-refractivity contribution in [3.63, 3.8) is 0 Å². The number of benzene rings is 1. The quantitative estimate of drug-likeness (QED) is 0.391. The molecule has 0 aliphatic heterocycles. The van der Waals surface area contributed by atoms with Crippen LogP contribution < -0.4 is 56.8 Å². The second-order valence-corrected chi connectivity index (χ2v) is 5.12. The second kappa shape index (κ2) is 7.14. The van der Waals surface area contributed by atoms with Crippen LogP contribution >= 0.6 is 22.6 Å². The van der Waals surface area contributed by atoms with E-state index >= 15 is 0 Å². The SMILES string of the molecule is C#CCc1c(C)c(I)c(C)c([B-](F)(F)F)c1C.[K+]. The maximum atomic E-state index is 13.0. The molecule has 0 unspecified atom stereocenters. The third kappa shape index (κ3) is 3.77. The van der Waals surface area contributed by atoms with Crippen molar-refractivity contribution in [1.29, 1.82) is 0 Å². The average Bonchev–Trinajstić information content (AvgIpc) is 2.19. The van der Waals surface area contributed by atoms with E-state index in [0.717, 1.165) is 5.56 Å². The molecule has 0 aliphatic carbocycles. The van der Waals surface area contributed by atoms with Gasteiger partial charge in [0.05, 0.1) is 0 Å². The molecule has 92 valence electrons. The molecule has 0 N–H and O–H groups in total. The first-order chi connectivity index (χ1) is 7.71. The Labute approximate surface area is 162 Å². The van der Waals surface area contributed by atoms with Gasteiger partial charge in [-0.05, 0) is 54.5 Å². The van der Waals surface area contributed by atoms with Gasteiger partial charge < -0.3 is 12.9 Å². The summed E-state index contributed by atoms with van der Waals surface area (Å²) in [6.07, 6.45) is 5.46. The van der Waals surface area contributed by atoms with Gasteiger partial charge in [-0.3, -0.25) is 0 Å². The zero-order chi connectivity index (χ0) is 13.4. The normalized spacial score (nSPS) is 10.8. The third-order valence-electron chi connectivity index (χ3n) is 2.98. The fourth-order valence-electron chi connectivity index (χ4n) is 2.12. The Morgan fingerprint density at radius 3 is 2.00 bits per heavy atom. The van der Waals surface area contributed by atoms with Crippen LogP contribution in [0.2, 0.25) is 0 Å². The number of terminal acetylenes is 1. The molecule has 0 nitrogen and oxygen atoms in total. The van der Waals surface area contributed by atoms with E-state index in [2.05, 4.69) is 5.92 Å². The topological polar surface area (TPSA) is 0 Å². The minimum absolute atomic E-state index is 0. The molecule has 0 saturated heterocycles. The van der Waals surface area contributed by atoms with Crippen molar-refractivity contribution in [3.05, 3.63) is 25.8 Å². The summed E-state index contributed by atoms with van der Waals surface area (Å²) in [5, 5.41) is 0. The van der Waals surface area contributed by atoms with Crippen molar-refractivity contribution in [2.75, 3.05) is 0 Å². The maximum absolute atomic E-state index is 13.0. The second-order valence-electron chi connectivity index (χ2n) is 4.04. The van der Waals surface area contributed by atoms with Crippen LogP contribution in [0.1, 0.15) is 22.3 Å². The summed E-state index contributed by atoms with van der Waals surface area (Å²) in [5.74, 6) is 2.43. The molecule has 0 aromatic heterocycles. The summed E-state index contributed by atoms with van der Waals surface area (Å²) in [7, 11) is 0. The number of hydrogen-bond donors (Lipinski definition) is 0. The van der Waals surface area contributed by atoms with Gasteiger partial charge in [-0.1, -0.05) is 11.1 Å². The molecule has 0 saturated carbocycles. The van der Waals surface area contributed by atoms with Gasteiger partial charge in [0, 0.05) is 9.99 Å². The minimum Gasteiger partial charge on any atom is -0.445 e. The van der Waals surface area contributed by atoms with Gasteiger partial charge in [0.15, 0.2) is 0 Å². The summed E-state index contributed by atoms with van der Waals surface area (Å²) >= 11 is 1.96. The molecule has 1 aromatic rings. The van der Waals surface area contributed by atoms with E-state index in [1.165, 1.54) is 13.8 Å². The Balaban J connectivity index is 0.00000289. The summed E-state index contributed by atoms with van der Waals surface area (Å²) in [6.45, 7) is -0.147. The van der Waals surface area contributed by atoms with E-state index < -0.39 is 12.4 Å². The Morgan fingerprint density at radius 2 is 1.61 bits per heavy atom. The first-order valence-electron chi connectivity index (χ1n) is 5.13. The van der Waals surface area contributed by atoms with Crippen LogP contribution in [0.25, 0.3) is 0 Å². The van der Waals surface area contributed by atoms with Crippen molar-refractivity contribution in [1.82, 2.24) is 0 Å². The fourth-order valence-corrected chi connectivity index (χ4v) is 2.73. The Kier molecular flexibility index (Phi) is 7.53. The standard InChI is InChI=1S/C12H12BF3I.K/c1-5-6-10-7(2)11(13(14,15)16)9(4)12(17)8(10)3;/h1H,6H2,2-4H3;/q-1;+1. The van der Waals surface area contributed by atoms with E-state index in [1.54, 1.807) is 0 Å². The summed E-state index contributed by atoms with van der Waals surface area (Å²) in [6, 6.07) is 0. The van der Waals surface area contributed by atoms with Crippen LogP contribution in [0.5, 0.6) is 0 Å². The molecule has 0 heterocycles. The fraction of sp³-hybridized carbons (Fsp3) is 0.333. The zero-order valence-electron chi connectivity index (χ0n) is 10.9. The van der Waals surface area contributed by atoms with Gasteiger partial charge in [0.1, 0.15) is 0 Å². The van der Waals surface area contributed by atoms with Gasteiger partial charge in [-0.25, -0.2) is 0 Å². The molecule has 1 rings (SSSR count). The molecule has 0 radical (unpaired) electrons. The molecule has 6 heteroatoms. The predicted molar refractivity (Wildman–Crippen MR) is 74.6 cm³/mol. The molecule has 18 heavy (non-hydrogen) atoms. The van der Waals surface area contributed by atoms with E-state index in [4.69, 9.17) is 6.42 Å². The van der Waals surface area contributed by atoms with Crippen LogP contribution in [-0.2, 0) is 6.42 Å². The largest absolute Gasteiger partial charge is 1.00 e. The summed E-state index contributed by atoms with van der Waals surface area (Å²) < 4.78 is 39.8. The van der Waals surface area contributed by atoms with Crippen LogP contribution in [0.3, 0.4) is 0 Å². The molecule has 0 aliphatic rings. The minimum atomic E-state index is -5.00. The number of rotatable bonds is 2. The summed E-state index contributed by atoms with van der Waals surface area (Å²) in [5.41, 5.74) is 1.61. The van der Waals surface area contributed by atoms with Crippen LogP contribution in [-0.4, -0.2) is 6.98 Å². The first-order valence-corrected chi connectivity index (χ1v) is 6.21.